The number of hydrogen-bond acceptors (Lipinski definition) is 8. The van der Waals surface area contributed by atoms with Gasteiger partial charge in [-0.25, -0.2) is 4.98 Å². The van der Waals surface area contributed by atoms with Crippen molar-refractivity contribution in [3.05, 3.63) is 58.6 Å². The highest BCUT2D eigenvalue weighted by Crippen LogP contribution is 2.36. The lowest BCUT2D eigenvalue weighted by molar-refractivity contribution is -0.137. The fourth-order valence-electron chi connectivity index (χ4n) is 4.33. The molecule has 200 valence electrons. The summed E-state index contributed by atoms with van der Waals surface area (Å²) in [6.07, 6.45) is -0.701. The molecule has 1 aliphatic heterocycles. The van der Waals surface area contributed by atoms with Gasteiger partial charge in [0.05, 0.1) is 16.3 Å². The van der Waals surface area contributed by atoms with Crippen molar-refractivity contribution < 1.29 is 13.2 Å². The van der Waals surface area contributed by atoms with Gasteiger partial charge in [-0.15, -0.1) is 0 Å². The molecule has 4 aromatic rings. The highest BCUT2D eigenvalue weighted by molar-refractivity contribution is 7.22. The van der Waals surface area contributed by atoms with E-state index in [-0.39, 0.29) is 0 Å². The maximum Gasteiger partial charge on any atom is 0.416 e. The van der Waals surface area contributed by atoms with E-state index >= 15 is 0 Å². The zero-order valence-corrected chi connectivity index (χ0v) is 22.3. The molecule has 7 nitrogen and oxygen atoms in total. The summed E-state index contributed by atoms with van der Waals surface area (Å²) in [5.41, 5.74) is 1.96. The molecule has 5 rings (SSSR count). The highest BCUT2D eigenvalue weighted by atomic mass is 35.5. The van der Waals surface area contributed by atoms with Gasteiger partial charge >= 0.3 is 6.18 Å². The smallest absolute Gasteiger partial charge is 0.353 e. The average Bonchev–Trinajstić information content (AvgIpc) is 3.30. The first-order chi connectivity index (χ1) is 18.3. The second kappa shape index (κ2) is 11.3. The van der Waals surface area contributed by atoms with Crippen LogP contribution in [-0.2, 0) is 6.18 Å². The third kappa shape index (κ3) is 6.28. The topological polar surface area (TPSA) is 78.0 Å². The molecule has 1 saturated heterocycles. The zero-order chi connectivity index (χ0) is 26.7. The number of piperidine rings is 1. The molecule has 1 aliphatic rings. The Balaban J connectivity index is 1.42. The average molecular weight is 562 g/mol. The van der Waals surface area contributed by atoms with Crippen molar-refractivity contribution >= 4 is 61.6 Å². The van der Waals surface area contributed by atoms with E-state index in [1.165, 1.54) is 42.7 Å². The van der Waals surface area contributed by atoms with Gasteiger partial charge in [0.25, 0.3) is 0 Å². The van der Waals surface area contributed by atoms with E-state index in [4.69, 9.17) is 11.6 Å². The first-order valence-corrected chi connectivity index (χ1v) is 13.6. The number of hydrogen-bond donors (Lipinski definition) is 3. The summed E-state index contributed by atoms with van der Waals surface area (Å²) >= 11 is 7.73. The first kappa shape index (κ1) is 26.5. The lowest BCUT2D eigenvalue weighted by atomic mass is 10.1. The van der Waals surface area contributed by atoms with Gasteiger partial charge in [-0.3, -0.25) is 0 Å². The molecular formula is C26H27ClF3N7S. The van der Waals surface area contributed by atoms with Gasteiger partial charge in [-0.2, -0.15) is 23.1 Å². The normalized spacial score (nSPS) is 14.6. The van der Waals surface area contributed by atoms with E-state index in [1.54, 1.807) is 6.07 Å². The van der Waals surface area contributed by atoms with Crippen molar-refractivity contribution in [1.29, 1.82) is 0 Å². The lowest BCUT2D eigenvalue weighted by Gasteiger charge is -2.26. The number of nitrogens with zero attached hydrogens (tertiary/aromatic N) is 4. The Hall–Kier alpha value is -3.15. The van der Waals surface area contributed by atoms with Crippen molar-refractivity contribution in [2.75, 3.05) is 42.1 Å². The second-order valence-corrected chi connectivity index (χ2v) is 10.5. The van der Waals surface area contributed by atoms with Crippen LogP contribution in [0.5, 0.6) is 0 Å². The molecule has 12 heteroatoms. The zero-order valence-electron chi connectivity index (χ0n) is 20.7. The van der Waals surface area contributed by atoms with E-state index in [0.29, 0.717) is 44.5 Å². The van der Waals surface area contributed by atoms with Gasteiger partial charge in [0.2, 0.25) is 5.95 Å². The minimum Gasteiger partial charge on any atom is -0.353 e. The van der Waals surface area contributed by atoms with Gasteiger partial charge in [-0.05, 0) is 68.8 Å². The van der Waals surface area contributed by atoms with Crippen LogP contribution in [0.4, 0.5) is 41.4 Å². The molecule has 0 bridgehead atoms. The van der Waals surface area contributed by atoms with Crippen LogP contribution in [0.2, 0.25) is 5.02 Å². The standard InChI is InChI=1S/C26H27ClF3N7S/c1-16-6-5-7-19(27)20(16)33-25-34-21-22(32-18-10-8-17(9-11-18)26(28,29)30)35-24(36-23(21)38-25)31-12-15-37-13-3-2-4-14-37/h5-11H,2-4,12-15H2,1H3,(H,33,34)(H2,31,32,35,36). The van der Waals surface area contributed by atoms with Crippen LogP contribution in [-0.4, -0.2) is 46.0 Å². The molecule has 38 heavy (non-hydrogen) atoms. The number of para-hydroxylation sites is 1. The van der Waals surface area contributed by atoms with Gasteiger partial charge in [0, 0.05) is 18.8 Å². The van der Waals surface area contributed by atoms with Crippen molar-refractivity contribution in [2.24, 2.45) is 0 Å². The fourth-order valence-corrected chi connectivity index (χ4v) is 5.44. The molecule has 0 atom stereocenters. The number of nitrogens with one attached hydrogen (secondary N) is 3. The van der Waals surface area contributed by atoms with Crippen molar-refractivity contribution in [3.8, 4) is 0 Å². The molecule has 2 aromatic carbocycles. The SMILES string of the molecule is Cc1cccc(Cl)c1Nc1nc2c(Nc3ccc(C(F)(F)F)cc3)nc(NCCN3CCCCC3)nc2s1. The van der Waals surface area contributed by atoms with E-state index < -0.39 is 11.7 Å². The van der Waals surface area contributed by atoms with Gasteiger partial charge < -0.3 is 20.9 Å². The Morgan fingerprint density at radius 1 is 0.974 bits per heavy atom. The quantitative estimate of drug-likeness (QED) is 0.206. The van der Waals surface area contributed by atoms with Crippen LogP contribution in [0.25, 0.3) is 10.3 Å². The second-order valence-electron chi connectivity index (χ2n) is 9.15. The van der Waals surface area contributed by atoms with E-state index in [0.717, 1.165) is 43.0 Å². The summed E-state index contributed by atoms with van der Waals surface area (Å²) in [6.45, 7) is 5.68. The Morgan fingerprint density at radius 3 is 2.45 bits per heavy atom. The number of halogens is 4. The fraction of sp³-hybridized carbons (Fsp3) is 0.346. The van der Waals surface area contributed by atoms with Gasteiger partial charge in [0.1, 0.15) is 5.52 Å². The third-order valence-electron chi connectivity index (χ3n) is 6.35. The number of benzene rings is 2. The molecule has 0 saturated carbocycles. The molecule has 0 aliphatic carbocycles. The van der Waals surface area contributed by atoms with Crippen LogP contribution in [0, 0.1) is 6.92 Å². The van der Waals surface area contributed by atoms with Gasteiger partial charge in [-0.1, -0.05) is 41.5 Å². The number of likely N-dealkylation sites (tertiary alicyclic amines) is 1. The number of thiazole rings is 1. The molecule has 1 fully saturated rings. The maximum absolute atomic E-state index is 13.0. The lowest BCUT2D eigenvalue weighted by Crippen LogP contribution is -2.33. The number of fused-ring (bicyclic) bond motifs is 1. The molecule has 3 N–H and O–H groups in total. The maximum atomic E-state index is 13.0. The number of alkyl halides is 3. The Labute approximate surface area is 227 Å². The van der Waals surface area contributed by atoms with E-state index in [1.807, 2.05) is 19.1 Å². The molecule has 0 spiro atoms. The number of aryl methyl sites for hydroxylation is 1. The number of aromatic nitrogens is 3. The van der Waals surface area contributed by atoms with Crippen molar-refractivity contribution in [3.63, 3.8) is 0 Å². The predicted molar refractivity (Wildman–Crippen MR) is 148 cm³/mol. The summed E-state index contributed by atoms with van der Waals surface area (Å²) in [5.74, 6) is 0.823. The molecular weight excluding hydrogens is 535 g/mol. The summed E-state index contributed by atoms with van der Waals surface area (Å²) in [5, 5.41) is 10.9. The molecule has 0 amide bonds. The summed E-state index contributed by atoms with van der Waals surface area (Å²) in [7, 11) is 0. The first-order valence-electron chi connectivity index (χ1n) is 12.4. The van der Waals surface area contributed by atoms with Crippen LogP contribution in [0.1, 0.15) is 30.4 Å². The van der Waals surface area contributed by atoms with Crippen molar-refractivity contribution in [2.45, 2.75) is 32.4 Å². The molecule has 0 unspecified atom stereocenters. The largest absolute Gasteiger partial charge is 0.416 e. The Kier molecular flexibility index (Phi) is 7.87. The van der Waals surface area contributed by atoms with Crippen molar-refractivity contribution in [1.82, 2.24) is 19.9 Å². The Morgan fingerprint density at radius 2 is 1.74 bits per heavy atom. The molecule has 3 heterocycles. The summed E-state index contributed by atoms with van der Waals surface area (Å²) in [6, 6.07) is 10.4. The van der Waals surface area contributed by atoms with Crippen LogP contribution >= 0.6 is 22.9 Å². The highest BCUT2D eigenvalue weighted by Gasteiger charge is 2.30. The van der Waals surface area contributed by atoms with Crippen LogP contribution in [0.15, 0.2) is 42.5 Å². The van der Waals surface area contributed by atoms with Gasteiger partial charge in [0.15, 0.2) is 15.8 Å². The minimum absolute atomic E-state index is 0.399. The summed E-state index contributed by atoms with van der Waals surface area (Å²) < 4.78 is 39.1. The number of anilines is 5. The number of rotatable bonds is 8. The molecule has 0 radical (unpaired) electrons. The summed E-state index contributed by atoms with van der Waals surface area (Å²) in [4.78, 5) is 17.0. The van der Waals surface area contributed by atoms with E-state index in [9.17, 15) is 13.2 Å². The van der Waals surface area contributed by atoms with Crippen LogP contribution < -0.4 is 16.0 Å². The third-order valence-corrected chi connectivity index (χ3v) is 7.53. The minimum atomic E-state index is -4.40. The Bertz CT molecular complexity index is 1380. The predicted octanol–water partition coefficient (Wildman–Crippen LogP) is 7.45. The monoisotopic (exact) mass is 561 g/mol. The van der Waals surface area contributed by atoms with Crippen LogP contribution in [0.3, 0.4) is 0 Å². The van der Waals surface area contributed by atoms with E-state index in [2.05, 4.69) is 35.8 Å². The molecule has 2 aromatic heterocycles.